The van der Waals surface area contributed by atoms with Crippen molar-refractivity contribution in [2.75, 3.05) is 0 Å². The SMILES string of the molecule is CC(C)c1ccc(CNC2CC2)c(=O)n1C1CCCCC1. The Hall–Kier alpha value is -1.09. The third-order valence-electron chi connectivity index (χ3n) is 4.92. The summed E-state index contributed by atoms with van der Waals surface area (Å²) in [5.41, 5.74) is 2.40. The first kappa shape index (κ1) is 14.8. The molecule has 0 aromatic carbocycles. The smallest absolute Gasteiger partial charge is 0.255 e. The van der Waals surface area contributed by atoms with E-state index in [1.54, 1.807) is 0 Å². The molecule has 3 heteroatoms. The molecule has 116 valence electrons. The molecule has 2 aliphatic carbocycles. The second-order valence-corrected chi connectivity index (χ2v) is 7.06. The topological polar surface area (TPSA) is 34.0 Å². The summed E-state index contributed by atoms with van der Waals surface area (Å²) in [6, 6.07) is 5.30. The van der Waals surface area contributed by atoms with Crippen LogP contribution in [0.3, 0.4) is 0 Å². The number of aromatic nitrogens is 1. The molecule has 1 aromatic heterocycles. The molecule has 0 amide bonds. The van der Waals surface area contributed by atoms with Gasteiger partial charge in [-0.2, -0.15) is 0 Å². The van der Waals surface area contributed by atoms with E-state index in [-0.39, 0.29) is 5.56 Å². The number of nitrogens with one attached hydrogen (secondary N) is 1. The highest BCUT2D eigenvalue weighted by Crippen LogP contribution is 2.30. The van der Waals surface area contributed by atoms with Crippen LogP contribution in [-0.2, 0) is 6.54 Å². The van der Waals surface area contributed by atoms with Crippen LogP contribution in [0.1, 0.15) is 82.0 Å². The summed E-state index contributed by atoms with van der Waals surface area (Å²) in [5.74, 6) is 0.407. The van der Waals surface area contributed by atoms with E-state index in [2.05, 4.69) is 29.8 Å². The summed E-state index contributed by atoms with van der Waals surface area (Å²) in [6.07, 6.45) is 8.71. The van der Waals surface area contributed by atoms with Crippen molar-refractivity contribution < 1.29 is 0 Å². The second kappa shape index (κ2) is 6.35. The van der Waals surface area contributed by atoms with E-state index in [1.165, 1.54) is 50.6 Å². The summed E-state index contributed by atoms with van der Waals surface area (Å²) >= 11 is 0. The van der Waals surface area contributed by atoms with Crippen LogP contribution in [0.2, 0.25) is 0 Å². The van der Waals surface area contributed by atoms with Gasteiger partial charge in [0.2, 0.25) is 0 Å². The van der Waals surface area contributed by atoms with Crippen LogP contribution >= 0.6 is 0 Å². The molecule has 0 unspecified atom stereocenters. The number of rotatable bonds is 5. The zero-order valence-electron chi connectivity index (χ0n) is 13.4. The van der Waals surface area contributed by atoms with Gasteiger partial charge >= 0.3 is 0 Å². The maximum absolute atomic E-state index is 12.9. The van der Waals surface area contributed by atoms with Crippen LogP contribution in [0.4, 0.5) is 0 Å². The lowest BCUT2D eigenvalue weighted by atomic mass is 9.93. The fraction of sp³-hybridized carbons (Fsp3) is 0.722. The van der Waals surface area contributed by atoms with Crippen LogP contribution in [0.15, 0.2) is 16.9 Å². The lowest BCUT2D eigenvalue weighted by molar-refractivity contribution is 0.334. The lowest BCUT2D eigenvalue weighted by Gasteiger charge is -2.28. The van der Waals surface area contributed by atoms with Gasteiger partial charge in [0.25, 0.3) is 5.56 Å². The van der Waals surface area contributed by atoms with Gasteiger partial charge in [0.15, 0.2) is 0 Å². The molecule has 1 aromatic rings. The van der Waals surface area contributed by atoms with Gasteiger partial charge in [0.1, 0.15) is 0 Å². The molecule has 3 nitrogen and oxygen atoms in total. The van der Waals surface area contributed by atoms with E-state index in [0.717, 1.165) is 12.1 Å². The van der Waals surface area contributed by atoms with E-state index in [0.29, 0.717) is 18.0 Å². The normalized spacial score (nSPS) is 20.1. The fourth-order valence-corrected chi connectivity index (χ4v) is 3.47. The molecule has 0 radical (unpaired) electrons. The Morgan fingerprint density at radius 1 is 1.14 bits per heavy atom. The van der Waals surface area contributed by atoms with E-state index >= 15 is 0 Å². The van der Waals surface area contributed by atoms with Gasteiger partial charge in [-0.05, 0) is 37.7 Å². The molecule has 2 aliphatic rings. The molecular weight excluding hydrogens is 260 g/mol. The highest BCUT2D eigenvalue weighted by atomic mass is 16.1. The van der Waals surface area contributed by atoms with Crippen molar-refractivity contribution in [3.63, 3.8) is 0 Å². The fourth-order valence-electron chi connectivity index (χ4n) is 3.47. The Morgan fingerprint density at radius 3 is 2.48 bits per heavy atom. The zero-order chi connectivity index (χ0) is 14.8. The zero-order valence-corrected chi connectivity index (χ0v) is 13.4. The first-order chi connectivity index (χ1) is 10.2. The Bertz CT molecular complexity index is 537. The minimum Gasteiger partial charge on any atom is -0.310 e. The molecular formula is C18H28N2O. The molecule has 0 atom stereocenters. The third kappa shape index (κ3) is 3.39. The third-order valence-corrected chi connectivity index (χ3v) is 4.92. The highest BCUT2D eigenvalue weighted by molar-refractivity contribution is 5.20. The quantitative estimate of drug-likeness (QED) is 0.896. The van der Waals surface area contributed by atoms with Crippen LogP contribution in [0, 0.1) is 0 Å². The van der Waals surface area contributed by atoms with E-state index < -0.39 is 0 Å². The molecule has 0 aliphatic heterocycles. The molecule has 2 saturated carbocycles. The van der Waals surface area contributed by atoms with E-state index in [4.69, 9.17) is 0 Å². The van der Waals surface area contributed by atoms with Crippen molar-refractivity contribution in [3.8, 4) is 0 Å². The van der Waals surface area contributed by atoms with Gasteiger partial charge < -0.3 is 9.88 Å². The molecule has 1 heterocycles. The summed E-state index contributed by atoms with van der Waals surface area (Å²) in [7, 11) is 0. The van der Waals surface area contributed by atoms with Crippen LogP contribution in [0.25, 0.3) is 0 Å². The maximum atomic E-state index is 12.9. The number of pyridine rings is 1. The number of hydrogen-bond acceptors (Lipinski definition) is 2. The summed E-state index contributed by atoms with van der Waals surface area (Å²) in [4.78, 5) is 12.9. The molecule has 21 heavy (non-hydrogen) atoms. The number of hydrogen-bond donors (Lipinski definition) is 1. The monoisotopic (exact) mass is 288 g/mol. The highest BCUT2D eigenvalue weighted by Gasteiger charge is 2.23. The van der Waals surface area contributed by atoms with Gasteiger partial charge in [0.05, 0.1) is 0 Å². The minimum absolute atomic E-state index is 0.251. The molecule has 3 rings (SSSR count). The van der Waals surface area contributed by atoms with Gasteiger partial charge in [0, 0.05) is 29.9 Å². The Kier molecular flexibility index (Phi) is 4.48. The van der Waals surface area contributed by atoms with Crippen LogP contribution in [-0.4, -0.2) is 10.6 Å². The maximum Gasteiger partial charge on any atom is 0.255 e. The Morgan fingerprint density at radius 2 is 1.86 bits per heavy atom. The van der Waals surface area contributed by atoms with Gasteiger partial charge in [-0.1, -0.05) is 39.2 Å². The standard InChI is InChI=1S/C18H28N2O/c1-13(2)17-11-8-14(12-19-15-9-10-15)18(21)20(17)16-6-4-3-5-7-16/h8,11,13,15-16,19H,3-7,9-10,12H2,1-2H3. The van der Waals surface area contributed by atoms with Crippen LogP contribution in [0.5, 0.6) is 0 Å². The molecule has 2 fully saturated rings. The Balaban J connectivity index is 1.91. The average Bonchev–Trinajstić information content (AvgIpc) is 3.30. The molecule has 0 spiro atoms. The summed E-state index contributed by atoms with van der Waals surface area (Å²) < 4.78 is 2.13. The predicted octanol–water partition coefficient (Wildman–Crippen LogP) is 3.73. The Labute approximate surface area is 127 Å². The first-order valence-electron chi connectivity index (χ1n) is 8.64. The van der Waals surface area contributed by atoms with E-state index in [9.17, 15) is 4.79 Å². The first-order valence-corrected chi connectivity index (χ1v) is 8.64. The molecule has 0 saturated heterocycles. The second-order valence-electron chi connectivity index (χ2n) is 7.06. The minimum atomic E-state index is 0.251. The molecule has 1 N–H and O–H groups in total. The van der Waals surface area contributed by atoms with Crippen LogP contribution < -0.4 is 10.9 Å². The van der Waals surface area contributed by atoms with Gasteiger partial charge in [-0.25, -0.2) is 0 Å². The molecule has 0 bridgehead atoms. The van der Waals surface area contributed by atoms with Crippen molar-refractivity contribution in [1.29, 1.82) is 0 Å². The van der Waals surface area contributed by atoms with Crippen molar-refractivity contribution >= 4 is 0 Å². The lowest BCUT2D eigenvalue weighted by Crippen LogP contribution is -2.33. The predicted molar refractivity (Wildman–Crippen MR) is 86.8 cm³/mol. The van der Waals surface area contributed by atoms with Crippen molar-refractivity contribution in [2.45, 2.75) is 83.3 Å². The summed E-state index contributed by atoms with van der Waals surface area (Å²) in [5, 5.41) is 3.48. The van der Waals surface area contributed by atoms with Gasteiger partial charge in [-0.15, -0.1) is 0 Å². The average molecular weight is 288 g/mol. The van der Waals surface area contributed by atoms with Crippen molar-refractivity contribution in [2.24, 2.45) is 0 Å². The van der Waals surface area contributed by atoms with Crippen molar-refractivity contribution in [3.05, 3.63) is 33.7 Å². The van der Waals surface area contributed by atoms with Gasteiger partial charge in [-0.3, -0.25) is 4.79 Å². The van der Waals surface area contributed by atoms with E-state index in [1.807, 2.05) is 6.07 Å². The number of nitrogens with zero attached hydrogens (tertiary/aromatic N) is 1. The largest absolute Gasteiger partial charge is 0.310 e. The summed E-state index contributed by atoms with van der Waals surface area (Å²) in [6.45, 7) is 5.11. The van der Waals surface area contributed by atoms with Crippen molar-refractivity contribution in [1.82, 2.24) is 9.88 Å².